The molecular weight excluding hydrogens is 414 g/mol. The van der Waals surface area contributed by atoms with Crippen molar-refractivity contribution in [2.45, 2.75) is 11.5 Å². The third kappa shape index (κ3) is 5.01. The molecule has 0 spiro atoms. The van der Waals surface area contributed by atoms with Gasteiger partial charge in [0.1, 0.15) is 22.9 Å². The Labute approximate surface area is 172 Å². The predicted molar refractivity (Wildman–Crippen MR) is 108 cm³/mol. The molecule has 0 fully saturated rings. The summed E-state index contributed by atoms with van der Waals surface area (Å²) >= 11 is 0. The van der Waals surface area contributed by atoms with E-state index in [0.717, 1.165) is 18.2 Å². The van der Waals surface area contributed by atoms with Crippen molar-refractivity contribution in [3.05, 3.63) is 89.0 Å². The van der Waals surface area contributed by atoms with Crippen LogP contribution >= 0.6 is 0 Å². The molecule has 156 valence electrons. The van der Waals surface area contributed by atoms with Crippen LogP contribution in [0.4, 0.5) is 8.78 Å². The molecule has 3 aromatic carbocycles. The van der Waals surface area contributed by atoms with E-state index in [9.17, 15) is 27.1 Å². The van der Waals surface area contributed by atoms with Crippen LogP contribution in [-0.4, -0.2) is 26.6 Å². The Bertz CT molecular complexity index is 1190. The Kier molecular flexibility index (Phi) is 6.17. The monoisotopic (exact) mass is 432 g/mol. The number of hydrogen-bond acceptors (Lipinski definition) is 5. The van der Waals surface area contributed by atoms with Gasteiger partial charge in [0.2, 0.25) is 0 Å². The summed E-state index contributed by atoms with van der Waals surface area (Å²) in [7, 11) is -2.42. The first-order valence-corrected chi connectivity index (χ1v) is 10.7. The van der Waals surface area contributed by atoms with E-state index in [0.29, 0.717) is 16.7 Å². The van der Waals surface area contributed by atoms with Gasteiger partial charge >= 0.3 is 5.97 Å². The second-order valence-electron chi connectivity index (χ2n) is 6.70. The van der Waals surface area contributed by atoms with Gasteiger partial charge < -0.3 is 9.84 Å². The molecule has 0 saturated heterocycles. The maximum Gasteiger partial charge on any atom is 0.341 e. The summed E-state index contributed by atoms with van der Waals surface area (Å²) in [6.45, 7) is 0. The van der Waals surface area contributed by atoms with Gasteiger partial charge in [-0.05, 0) is 47.0 Å². The van der Waals surface area contributed by atoms with Gasteiger partial charge in [0.25, 0.3) is 0 Å². The smallest absolute Gasteiger partial charge is 0.341 e. The molecule has 0 aliphatic carbocycles. The first kappa shape index (κ1) is 21.4. The first-order valence-electron chi connectivity index (χ1n) is 8.83. The number of methoxy groups -OCH3 is 1. The Balaban J connectivity index is 1.75. The largest absolute Gasteiger partial charge is 0.507 e. The average Bonchev–Trinajstić information content (AvgIpc) is 2.69. The number of carbonyl (C=O) groups is 1. The van der Waals surface area contributed by atoms with Crippen LogP contribution in [0.25, 0.3) is 11.1 Å². The van der Waals surface area contributed by atoms with Gasteiger partial charge in [-0.2, -0.15) is 0 Å². The Morgan fingerprint density at radius 3 is 2.20 bits per heavy atom. The number of phenolic OH excluding ortho intramolecular Hbond substituents is 1. The van der Waals surface area contributed by atoms with E-state index in [4.69, 9.17) is 0 Å². The number of ether oxygens (including phenoxy) is 1. The second-order valence-corrected chi connectivity index (χ2v) is 8.76. The fourth-order valence-electron chi connectivity index (χ4n) is 3.01. The molecule has 0 saturated carbocycles. The molecule has 0 heterocycles. The third-order valence-corrected chi connectivity index (χ3v) is 5.98. The number of halogens is 2. The Hall–Kier alpha value is -3.26. The molecule has 0 radical (unpaired) electrons. The van der Waals surface area contributed by atoms with E-state index < -0.39 is 27.4 Å². The number of phenols is 1. The molecule has 8 heteroatoms. The van der Waals surface area contributed by atoms with Gasteiger partial charge in [-0.15, -0.1) is 0 Å². The number of aromatic hydroxyl groups is 1. The summed E-state index contributed by atoms with van der Waals surface area (Å²) in [4.78, 5) is 11.5. The molecule has 30 heavy (non-hydrogen) atoms. The topological polar surface area (TPSA) is 80.7 Å². The van der Waals surface area contributed by atoms with Crippen molar-refractivity contribution in [3.8, 4) is 16.9 Å². The van der Waals surface area contributed by atoms with E-state index in [1.54, 1.807) is 0 Å². The summed E-state index contributed by atoms with van der Waals surface area (Å²) in [5, 5.41) is 9.91. The Morgan fingerprint density at radius 2 is 1.57 bits per heavy atom. The van der Waals surface area contributed by atoms with Crippen molar-refractivity contribution in [2.75, 3.05) is 7.11 Å². The fraction of sp³-hybridized carbons (Fsp3) is 0.136. The average molecular weight is 432 g/mol. The molecule has 0 bridgehead atoms. The minimum atomic E-state index is -3.60. The highest BCUT2D eigenvalue weighted by Crippen LogP contribution is 2.25. The van der Waals surface area contributed by atoms with Crippen molar-refractivity contribution < 1.29 is 31.8 Å². The zero-order chi connectivity index (χ0) is 21.9. The molecule has 0 aliphatic heterocycles. The van der Waals surface area contributed by atoms with Crippen LogP contribution in [0, 0.1) is 11.6 Å². The van der Waals surface area contributed by atoms with Crippen LogP contribution in [0.1, 0.15) is 21.5 Å². The van der Waals surface area contributed by atoms with Crippen LogP contribution < -0.4 is 0 Å². The molecular formula is C22H18F2O5S. The number of rotatable bonds is 6. The van der Waals surface area contributed by atoms with Crippen LogP contribution in [-0.2, 0) is 26.1 Å². The first-order chi connectivity index (χ1) is 14.2. The molecule has 3 rings (SSSR count). The van der Waals surface area contributed by atoms with Gasteiger partial charge in [-0.1, -0.05) is 30.3 Å². The quantitative estimate of drug-likeness (QED) is 0.590. The van der Waals surface area contributed by atoms with Crippen molar-refractivity contribution in [2.24, 2.45) is 0 Å². The van der Waals surface area contributed by atoms with E-state index in [1.165, 1.54) is 49.6 Å². The lowest BCUT2D eigenvalue weighted by Crippen LogP contribution is -2.08. The van der Waals surface area contributed by atoms with Gasteiger partial charge in [0.05, 0.1) is 18.6 Å². The number of hydrogen-bond donors (Lipinski definition) is 1. The van der Waals surface area contributed by atoms with Crippen LogP contribution in [0.15, 0.2) is 60.7 Å². The predicted octanol–water partition coefficient (Wildman–Crippen LogP) is 4.24. The van der Waals surface area contributed by atoms with E-state index >= 15 is 0 Å². The summed E-state index contributed by atoms with van der Waals surface area (Å²) < 4.78 is 56.8. The lowest BCUT2D eigenvalue weighted by Gasteiger charge is -2.09. The minimum Gasteiger partial charge on any atom is -0.507 e. The highest BCUT2D eigenvalue weighted by Gasteiger charge is 2.17. The van der Waals surface area contributed by atoms with Crippen molar-refractivity contribution >= 4 is 15.8 Å². The van der Waals surface area contributed by atoms with Crippen LogP contribution in [0.5, 0.6) is 5.75 Å². The zero-order valence-electron chi connectivity index (χ0n) is 15.9. The lowest BCUT2D eigenvalue weighted by atomic mass is 10.0. The summed E-state index contributed by atoms with van der Waals surface area (Å²) in [5.41, 5.74) is 1.26. The van der Waals surface area contributed by atoms with Crippen LogP contribution in [0.2, 0.25) is 0 Å². The maximum absolute atomic E-state index is 13.9. The SMILES string of the molecule is COC(=O)c1ccc(CS(=O)(=O)Cc2ccc(-c3cc(F)ccc3F)cc2)cc1O. The van der Waals surface area contributed by atoms with E-state index in [1.807, 2.05) is 0 Å². The second kappa shape index (κ2) is 8.62. The highest BCUT2D eigenvalue weighted by atomic mass is 32.2. The fourth-order valence-corrected chi connectivity index (χ4v) is 4.50. The zero-order valence-corrected chi connectivity index (χ0v) is 16.7. The maximum atomic E-state index is 13.9. The molecule has 0 unspecified atom stereocenters. The highest BCUT2D eigenvalue weighted by molar-refractivity contribution is 7.89. The molecule has 3 aromatic rings. The molecule has 0 atom stereocenters. The van der Waals surface area contributed by atoms with Gasteiger partial charge in [0.15, 0.2) is 9.84 Å². The summed E-state index contributed by atoms with van der Waals surface area (Å²) in [6.07, 6.45) is 0. The van der Waals surface area contributed by atoms with E-state index in [-0.39, 0.29) is 28.4 Å². The molecule has 0 amide bonds. The van der Waals surface area contributed by atoms with Crippen molar-refractivity contribution in [1.82, 2.24) is 0 Å². The van der Waals surface area contributed by atoms with Crippen LogP contribution in [0.3, 0.4) is 0 Å². The van der Waals surface area contributed by atoms with Gasteiger partial charge in [-0.25, -0.2) is 22.0 Å². The molecule has 0 aliphatic rings. The number of benzene rings is 3. The standard InChI is InChI=1S/C22H18F2O5S/c1-29-22(26)18-8-4-15(10-21(18)25)13-30(27,28)12-14-2-5-16(6-3-14)19-11-17(23)7-9-20(19)24/h2-11,25H,12-13H2,1H3. The lowest BCUT2D eigenvalue weighted by molar-refractivity contribution is 0.0597. The Morgan fingerprint density at radius 1 is 0.933 bits per heavy atom. The molecule has 0 aromatic heterocycles. The third-order valence-electron chi connectivity index (χ3n) is 4.43. The van der Waals surface area contributed by atoms with Crippen molar-refractivity contribution in [1.29, 1.82) is 0 Å². The minimum absolute atomic E-state index is 0.0567. The molecule has 1 N–H and O–H groups in total. The molecule has 5 nitrogen and oxygen atoms in total. The van der Waals surface area contributed by atoms with Crippen molar-refractivity contribution in [3.63, 3.8) is 0 Å². The number of sulfone groups is 1. The number of carbonyl (C=O) groups excluding carboxylic acids is 1. The normalized spacial score (nSPS) is 11.3. The van der Waals surface area contributed by atoms with E-state index in [2.05, 4.69) is 4.74 Å². The van der Waals surface area contributed by atoms with Gasteiger partial charge in [-0.3, -0.25) is 0 Å². The van der Waals surface area contributed by atoms with Gasteiger partial charge in [0, 0.05) is 5.56 Å². The summed E-state index contributed by atoms with van der Waals surface area (Å²) in [6, 6.07) is 13.2. The summed E-state index contributed by atoms with van der Waals surface area (Å²) in [5.74, 6) is -2.86. The number of esters is 1.